The summed E-state index contributed by atoms with van der Waals surface area (Å²) in [6, 6.07) is 13.9. The van der Waals surface area contributed by atoms with Crippen molar-refractivity contribution < 1.29 is 23.1 Å². The van der Waals surface area contributed by atoms with Crippen molar-refractivity contribution in [2.45, 2.75) is 36.1 Å². The number of aromatic nitrogens is 1. The first-order valence-corrected chi connectivity index (χ1v) is 12.3. The third-order valence-corrected chi connectivity index (χ3v) is 7.60. The van der Waals surface area contributed by atoms with Crippen molar-refractivity contribution in [3.8, 4) is 11.5 Å². The number of carboxylic acid groups (broad SMARTS) is 1. The summed E-state index contributed by atoms with van der Waals surface area (Å²) in [5, 5.41) is 10.0. The number of aromatic amines is 1. The van der Waals surface area contributed by atoms with Crippen molar-refractivity contribution in [3.05, 3.63) is 82.5 Å². The van der Waals surface area contributed by atoms with Gasteiger partial charge in [0.1, 0.15) is 17.5 Å². The monoisotopic (exact) mass is 498 g/mol. The fourth-order valence-corrected chi connectivity index (χ4v) is 5.43. The molecule has 1 atom stereocenters. The van der Waals surface area contributed by atoms with Crippen LogP contribution in [-0.4, -0.2) is 30.5 Å². The van der Waals surface area contributed by atoms with E-state index in [4.69, 9.17) is 27.2 Å². The molecule has 176 valence electrons. The van der Waals surface area contributed by atoms with Crippen molar-refractivity contribution in [2.24, 2.45) is 5.73 Å². The van der Waals surface area contributed by atoms with Gasteiger partial charge >= 0.3 is 5.97 Å². The lowest BCUT2D eigenvalue weighted by Gasteiger charge is -2.15. The summed E-state index contributed by atoms with van der Waals surface area (Å²) >= 11 is 5.90. The molecule has 34 heavy (non-hydrogen) atoms. The second-order valence-corrected chi connectivity index (χ2v) is 10.5. The number of carbonyl (C=O) groups is 1. The maximum Gasteiger partial charge on any atom is 0.320 e. The number of hydrogen-bond acceptors (Lipinski definition) is 5. The number of halogens is 1. The fraction of sp³-hybridized carbons (Fsp3) is 0.160. The Bertz CT molecular complexity index is 1470. The zero-order valence-corrected chi connectivity index (χ0v) is 20.1. The molecule has 0 fully saturated rings. The topological polar surface area (TPSA) is 122 Å². The molecule has 4 aromatic rings. The van der Waals surface area contributed by atoms with Crippen LogP contribution in [0.2, 0.25) is 5.02 Å². The van der Waals surface area contributed by atoms with Crippen molar-refractivity contribution >= 4 is 38.3 Å². The lowest BCUT2D eigenvalue weighted by molar-refractivity contribution is -0.138. The van der Waals surface area contributed by atoms with Gasteiger partial charge in [0.15, 0.2) is 0 Å². The summed E-state index contributed by atoms with van der Waals surface area (Å²) < 4.78 is 32.6. The Hall–Kier alpha value is -3.33. The van der Waals surface area contributed by atoms with Gasteiger partial charge in [-0.05, 0) is 79.4 Å². The molecule has 7 nitrogen and oxygen atoms in total. The summed E-state index contributed by atoms with van der Waals surface area (Å²) in [5.41, 5.74) is 8.75. The minimum atomic E-state index is -3.77. The van der Waals surface area contributed by atoms with Crippen LogP contribution in [0.5, 0.6) is 11.5 Å². The maximum absolute atomic E-state index is 13.2. The molecule has 0 spiro atoms. The summed E-state index contributed by atoms with van der Waals surface area (Å²) in [7, 11) is -3.77. The molecule has 0 unspecified atom stereocenters. The van der Waals surface area contributed by atoms with Gasteiger partial charge in [0.2, 0.25) is 9.84 Å². The maximum atomic E-state index is 13.2. The van der Waals surface area contributed by atoms with Crippen LogP contribution in [0.3, 0.4) is 0 Å². The van der Waals surface area contributed by atoms with Crippen molar-refractivity contribution in [3.63, 3.8) is 0 Å². The summed E-state index contributed by atoms with van der Waals surface area (Å²) in [4.78, 5) is 14.4. The summed E-state index contributed by atoms with van der Waals surface area (Å²) in [6.45, 7) is 3.73. The Morgan fingerprint density at radius 1 is 1.09 bits per heavy atom. The summed E-state index contributed by atoms with van der Waals surface area (Å²) in [5.74, 6) is 0.0327. The van der Waals surface area contributed by atoms with Gasteiger partial charge in [-0.15, -0.1) is 0 Å². The molecule has 4 N–H and O–H groups in total. The number of carboxylic acids is 1. The Morgan fingerprint density at radius 3 is 2.35 bits per heavy atom. The van der Waals surface area contributed by atoms with Crippen LogP contribution in [0.1, 0.15) is 16.7 Å². The van der Waals surface area contributed by atoms with E-state index in [0.717, 1.165) is 16.7 Å². The number of aliphatic carboxylic acids is 1. The lowest BCUT2D eigenvalue weighted by Crippen LogP contribution is -2.32. The third kappa shape index (κ3) is 4.65. The van der Waals surface area contributed by atoms with Crippen LogP contribution in [0.25, 0.3) is 10.9 Å². The number of sulfone groups is 1. The molecule has 0 saturated heterocycles. The molecule has 3 aromatic carbocycles. The number of rotatable bonds is 7. The van der Waals surface area contributed by atoms with Crippen LogP contribution in [0, 0.1) is 13.8 Å². The third-order valence-electron chi connectivity index (χ3n) is 5.54. The standard InChI is InChI=1S/C25H23ClN2O5S/c1-14-9-16(11-21(27)25(29)30)10-15(2)24(14)33-18-5-8-22-20(12-18)23(13-28-22)34(31,32)19-6-3-17(26)4-7-19/h3-10,12-13,21,28H,11,27H2,1-2H3,(H,29,30)/t21-/m1/s1. The van der Waals surface area contributed by atoms with E-state index in [0.29, 0.717) is 27.4 Å². The SMILES string of the molecule is Cc1cc(C[C@@H](N)C(=O)O)cc(C)c1Oc1ccc2[nH]cc(S(=O)(=O)c3ccc(Cl)cc3)c2c1. The van der Waals surface area contributed by atoms with Crippen molar-refractivity contribution in [1.29, 1.82) is 0 Å². The molecule has 0 aliphatic carbocycles. The second kappa shape index (κ2) is 9.13. The first-order chi connectivity index (χ1) is 16.1. The van der Waals surface area contributed by atoms with Gasteiger partial charge in [0, 0.05) is 22.1 Å². The minimum Gasteiger partial charge on any atom is -0.480 e. The van der Waals surface area contributed by atoms with E-state index in [1.807, 2.05) is 26.0 Å². The van der Waals surface area contributed by atoms with E-state index >= 15 is 0 Å². The predicted octanol–water partition coefficient (Wildman–Crippen LogP) is 5.02. The minimum absolute atomic E-state index is 0.140. The number of benzene rings is 3. The number of H-pyrrole nitrogens is 1. The van der Waals surface area contributed by atoms with Gasteiger partial charge in [0.25, 0.3) is 0 Å². The molecule has 1 aromatic heterocycles. The van der Waals surface area contributed by atoms with E-state index in [-0.39, 0.29) is 16.2 Å². The largest absolute Gasteiger partial charge is 0.480 e. The van der Waals surface area contributed by atoms with Gasteiger partial charge < -0.3 is 20.6 Å². The quantitative estimate of drug-likeness (QED) is 0.329. The number of nitrogens with one attached hydrogen (secondary N) is 1. The van der Waals surface area contributed by atoms with E-state index in [2.05, 4.69) is 4.98 Å². The van der Waals surface area contributed by atoms with Gasteiger partial charge in [-0.1, -0.05) is 23.7 Å². The lowest BCUT2D eigenvalue weighted by atomic mass is 10.0. The van der Waals surface area contributed by atoms with Gasteiger partial charge in [0.05, 0.1) is 9.79 Å². The van der Waals surface area contributed by atoms with E-state index < -0.39 is 21.8 Å². The van der Waals surface area contributed by atoms with Gasteiger partial charge in [-0.3, -0.25) is 4.79 Å². The van der Waals surface area contributed by atoms with Crippen molar-refractivity contribution in [2.75, 3.05) is 0 Å². The Morgan fingerprint density at radius 2 is 1.74 bits per heavy atom. The normalized spacial score (nSPS) is 12.6. The molecule has 0 aliphatic heterocycles. The molecule has 1 heterocycles. The van der Waals surface area contributed by atoms with E-state index in [1.165, 1.54) is 30.5 Å². The molecule has 0 aliphatic rings. The van der Waals surface area contributed by atoms with Gasteiger partial charge in [-0.25, -0.2) is 8.42 Å². The predicted molar refractivity (Wildman–Crippen MR) is 131 cm³/mol. The van der Waals surface area contributed by atoms with Crippen molar-refractivity contribution in [1.82, 2.24) is 4.98 Å². The average molecular weight is 499 g/mol. The van der Waals surface area contributed by atoms with E-state index in [9.17, 15) is 13.2 Å². The Kier molecular flexibility index (Phi) is 6.40. The highest BCUT2D eigenvalue weighted by Gasteiger charge is 2.22. The number of nitrogens with two attached hydrogens (primary N) is 1. The number of ether oxygens (including phenoxy) is 1. The van der Waals surface area contributed by atoms with Crippen LogP contribution < -0.4 is 10.5 Å². The molecule has 0 bridgehead atoms. The molecular weight excluding hydrogens is 476 g/mol. The second-order valence-electron chi connectivity index (χ2n) is 8.13. The number of fused-ring (bicyclic) bond motifs is 1. The Labute approximate surface area is 202 Å². The van der Waals surface area contributed by atoms with Crippen LogP contribution >= 0.6 is 11.6 Å². The van der Waals surface area contributed by atoms with E-state index in [1.54, 1.807) is 18.2 Å². The van der Waals surface area contributed by atoms with Crippen LogP contribution in [-0.2, 0) is 21.1 Å². The molecule has 4 rings (SSSR count). The number of aryl methyl sites for hydroxylation is 2. The smallest absolute Gasteiger partial charge is 0.320 e. The van der Waals surface area contributed by atoms with Crippen LogP contribution in [0.4, 0.5) is 0 Å². The molecule has 0 radical (unpaired) electrons. The highest BCUT2D eigenvalue weighted by molar-refractivity contribution is 7.91. The molecule has 9 heteroatoms. The molecule has 0 saturated carbocycles. The van der Waals surface area contributed by atoms with Gasteiger partial charge in [-0.2, -0.15) is 0 Å². The molecular formula is C25H23ClN2O5S. The zero-order chi connectivity index (χ0) is 24.6. The average Bonchev–Trinajstić information content (AvgIpc) is 3.20. The summed E-state index contributed by atoms with van der Waals surface area (Å²) in [6.07, 6.45) is 1.67. The first-order valence-electron chi connectivity index (χ1n) is 10.4. The highest BCUT2D eigenvalue weighted by Crippen LogP contribution is 2.35. The first kappa shape index (κ1) is 23.8. The number of hydrogen-bond donors (Lipinski definition) is 3. The highest BCUT2D eigenvalue weighted by atomic mass is 35.5. The Balaban J connectivity index is 1.68. The van der Waals surface area contributed by atoms with Crippen LogP contribution in [0.15, 0.2) is 70.6 Å². The molecule has 0 amide bonds. The fourth-order valence-electron chi connectivity index (χ4n) is 3.88. The zero-order valence-electron chi connectivity index (χ0n) is 18.5.